The summed E-state index contributed by atoms with van der Waals surface area (Å²) in [6.07, 6.45) is 4.70. The van der Waals surface area contributed by atoms with Crippen LogP contribution in [0.2, 0.25) is 0 Å². The first-order chi connectivity index (χ1) is 13.6. The maximum absolute atomic E-state index is 13.2. The highest BCUT2D eigenvalue weighted by Crippen LogP contribution is 2.33. The summed E-state index contributed by atoms with van der Waals surface area (Å²) in [5.74, 6) is -0.0428. The number of fused-ring (bicyclic) bond motifs is 1. The van der Waals surface area contributed by atoms with Gasteiger partial charge in [0.15, 0.2) is 0 Å². The van der Waals surface area contributed by atoms with Gasteiger partial charge in [-0.2, -0.15) is 0 Å². The topological polar surface area (TPSA) is 66.6 Å². The van der Waals surface area contributed by atoms with Gasteiger partial charge in [-0.15, -0.1) is 0 Å². The second-order valence-corrected chi connectivity index (χ2v) is 7.03. The lowest BCUT2D eigenvalue weighted by atomic mass is 9.93. The minimum absolute atomic E-state index is 0.0265. The first-order valence-electron chi connectivity index (χ1n) is 9.68. The van der Waals surface area contributed by atoms with E-state index in [2.05, 4.69) is 0 Å². The summed E-state index contributed by atoms with van der Waals surface area (Å²) in [6.45, 7) is 3.22. The molecule has 0 spiro atoms. The summed E-state index contributed by atoms with van der Waals surface area (Å²) >= 11 is 0. The highest BCUT2D eigenvalue weighted by atomic mass is 16.2. The molecule has 28 heavy (non-hydrogen) atoms. The number of rotatable bonds is 7. The predicted molar refractivity (Wildman–Crippen MR) is 111 cm³/mol. The number of nitrogens with two attached hydrogens (primary N) is 1. The molecule has 2 N–H and O–H groups in total. The van der Waals surface area contributed by atoms with Crippen LogP contribution in [0.15, 0.2) is 60.8 Å². The SMILES string of the molecule is CC(=O)N1C=Cc2ccccc2C1CC(=O)N(CCCN)Cc1ccccc1. The van der Waals surface area contributed by atoms with Crippen molar-refractivity contribution in [3.63, 3.8) is 0 Å². The number of carbonyl (C=O) groups is 2. The fourth-order valence-electron chi connectivity index (χ4n) is 3.59. The van der Waals surface area contributed by atoms with Gasteiger partial charge in [-0.05, 0) is 35.7 Å². The molecular weight excluding hydrogens is 350 g/mol. The average Bonchev–Trinajstić information content (AvgIpc) is 2.71. The van der Waals surface area contributed by atoms with Crippen molar-refractivity contribution in [2.75, 3.05) is 13.1 Å². The fourth-order valence-corrected chi connectivity index (χ4v) is 3.59. The Bertz CT molecular complexity index is 848. The third-order valence-electron chi connectivity index (χ3n) is 5.04. The Hall–Kier alpha value is -2.92. The Labute approximate surface area is 166 Å². The third-order valence-corrected chi connectivity index (χ3v) is 5.04. The monoisotopic (exact) mass is 377 g/mol. The van der Waals surface area contributed by atoms with Gasteiger partial charge in [0.25, 0.3) is 0 Å². The summed E-state index contributed by atoms with van der Waals surface area (Å²) in [7, 11) is 0. The van der Waals surface area contributed by atoms with Gasteiger partial charge in [-0.3, -0.25) is 9.59 Å². The van der Waals surface area contributed by atoms with Crippen molar-refractivity contribution in [3.8, 4) is 0 Å². The Balaban J connectivity index is 1.82. The lowest BCUT2D eigenvalue weighted by molar-refractivity contribution is -0.135. The minimum atomic E-state index is -0.289. The lowest BCUT2D eigenvalue weighted by Gasteiger charge is -2.34. The van der Waals surface area contributed by atoms with E-state index in [-0.39, 0.29) is 24.3 Å². The van der Waals surface area contributed by atoms with E-state index in [0.29, 0.717) is 19.6 Å². The first-order valence-corrected chi connectivity index (χ1v) is 9.68. The van der Waals surface area contributed by atoms with Crippen LogP contribution in [-0.4, -0.2) is 34.7 Å². The Morgan fingerprint density at radius 1 is 1.07 bits per heavy atom. The fraction of sp³-hybridized carbons (Fsp3) is 0.304. The molecular formula is C23H27N3O2. The number of carbonyl (C=O) groups excluding carboxylic acids is 2. The van der Waals surface area contributed by atoms with Crippen LogP contribution in [-0.2, 0) is 16.1 Å². The largest absolute Gasteiger partial charge is 0.338 e. The van der Waals surface area contributed by atoms with E-state index in [1.54, 1.807) is 11.1 Å². The maximum atomic E-state index is 13.2. The molecule has 2 amide bonds. The van der Waals surface area contributed by atoms with Crippen LogP contribution in [0.25, 0.3) is 6.08 Å². The van der Waals surface area contributed by atoms with E-state index in [1.165, 1.54) is 6.92 Å². The second-order valence-electron chi connectivity index (χ2n) is 7.03. The summed E-state index contributed by atoms with van der Waals surface area (Å²) < 4.78 is 0. The van der Waals surface area contributed by atoms with Crippen molar-refractivity contribution in [2.45, 2.75) is 32.4 Å². The van der Waals surface area contributed by atoms with Crippen LogP contribution in [0.1, 0.15) is 42.5 Å². The van der Waals surface area contributed by atoms with Crippen LogP contribution in [0.4, 0.5) is 0 Å². The molecule has 5 nitrogen and oxygen atoms in total. The highest BCUT2D eigenvalue weighted by Gasteiger charge is 2.29. The molecule has 0 fully saturated rings. The standard InChI is InChI=1S/C23H27N3O2/c1-18(27)26-15-12-20-10-5-6-11-21(20)22(26)16-23(28)25(14-7-13-24)17-19-8-3-2-4-9-19/h2-6,8-12,15,22H,7,13-14,16-17,24H2,1H3. The van der Waals surface area contributed by atoms with Crippen LogP contribution >= 0.6 is 0 Å². The smallest absolute Gasteiger partial charge is 0.225 e. The molecule has 1 heterocycles. The zero-order valence-electron chi connectivity index (χ0n) is 16.3. The molecule has 1 unspecified atom stereocenters. The quantitative estimate of drug-likeness (QED) is 0.805. The molecule has 0 saturated carbocycles. The normalized spacial score (nSPS) is 15.2. The van der Waals surface area contributed by atoms with E-state index >= 15 is 0 Å². The second kappa shape index (κ2) is 9.33. The van der Waals surface area contributed by atoms with Gasteiger partial charge in [0.05, 0.1) is 12.5 Å². The molecule has 2 aromatic rings. The molecule has 0 bridgehead atoms. The van der Waals surface area contributed by atoms with Gasteiger partial charge >= 0.3 is 0 Å². The summed E-state index contributed by atoms with van der Waals surface area (Å²) in [5, 5.41) is 0. The number of amides is 2. The van der Waals surface area contributed by atoms with Crippen molar-refractivity contribution in [2.24, 2.45) is 5.73 Å². The highest BCUT2D eigenvalue weighted by molar-refractivity contribution is 5.82. The molecule has 1 aliphatic rings. The third kappa shape index (κ3) is 4.67. The van der Waals surface area contributed by atoms with Gasteiger partial charge in [0.1, 0.15) is 0 Å². The zero-order valence-corrected chi connectivity index (χ0v) is 16.3. The van der Waals surface area contributed by atoms with Gasteiger partial charge in [-0.1, -0.05) is 54.6 Å². The molecule has 0 aliphatic carbocycles. The number of hydrogen-bond donors (Lipinski definition) is 1. The molecule has 1 atom stereocenters. The van der Waals surface area contributed by atoms with Crippen molar-refractivity contribution < 1.29 is 9.59 Å². The molecule has 0 radical (unpaired) electrons. The molecule has 0 saturated heterocycles. The Morgan fingerprint density at radius 2 is 1.79 bits per heavy atom. The molecule has 146 valence electrons. The molecule has 2 aromatic carbocycles. The van der Waals surface area contributed by atoms with Gasteiger partial charge in [0, 0.05) is 26.2 Å². The Morgan fingerprint density at radius 3 is 2.50 bits per heavy atom. The number of nitrogens with zero attached hydrogens (tertiary/aromatic N) is 2. The maximum Gasteiger partial charge on any atom is 0.225 e. The van der Waals surface area contributed by atoms with E-state index in [4.69, 9.17) is 5.73 Å². The Kier molecular flexibility index (Phi) is 6.61. The van der Waals surface area contributed by atoms with Gasteiger partial charge in [0.2, 0.25) is 11.8 Å². The molecule has 3 rings (SSSR count). The molecule has 0 aromatic heterocycles. The minimum Gasteiger partial charge on any atom is -0.338 e. The first kappa shape index (κ1) is 19.8. The van der Waals surface area contributed by atoms with E-state index in [1.807, 2.05) is 65.6 Å². The van der Waals surface area contributed by atoms with Crippen LogP contribution in [0.3, 0.4) is 0 Å². The molecule has 1 aliphatic heterocycles. The number of hydrogen-bond acceptors (Lipinski definition) is 3. The summed E-state index contributed by atoms with van der Waals surface area (Å²) in [5.41, 5.74) is 8.82. The average molecular weight is 377 g/mol. The zero-order chi connectivity index (χ0) is 19.9. The van der Waals surface area contributed by atoms with Gasteiger partial charge < -0.3 is 15.5 Å². The van der Waals surface area contributed by atoms with Crippen molar-refractivity contribution in [3.05, 3.63) is 77.5 Å². The van der Waals surface area contributed by atoms with Crippen molar-refractivity contribution in [1.29, 1.82) is 0 Å². The van der Waals surface area contributed by atoms with Crippen LogP contribution < -0.4 is 5.73 Å². The van der Waals surface area contributed by atoms with Crippen LogP contribution in [0.5, 0.6) is 0 Å². The summed E-state index contributed by atoms with van der Waals surface area (Å²) in [6, 6.07) is 17.6. The van der Waals surface area contributed by atoms with Gasteiger partial charge in [-0.25, -0.2) is 0 Å². The van der Waals surface area contributed by atoms with Crippen molar-refractivity contribution in [1.82, 2.24) is 9.80 Å². The molecule has 5 heteroatoms. The van der Waals surface area contributed by atoms with E-state index in [9.17, 15) is 9.59 Å². The van der Waals surface area contributed by atoms with Crippen LogP contribution in [0, 0.1) is 0 Å². The van der Waals surface area contributed by atoms with E-state index < -0.39 is 0 Å². The van der Waals surface area contributed by atoms with E-state index in [0.717, 1.165) is 23.1 Å². The lowest BCUT2D eigenvalue weighted by Crippen LogP contribution is -2.38. The number of benzene rings is 2. The van der Waals surface area contributed by atoms with Crippen molar-refractivity contribution >= 4 is 17.9 Å². The summed E-state index contributed by atoms with van der Waals surface area (Å²) in [4.78, 5) is 28.9. The predicted octanol–water partition coefficient (Wildman–Crippen LogP) is 3.33.